The van der Waals surface area contributed by atoms with Gasteiger partial charge in [0.2, 0.25) is 0 Å². The van der Waals surface area contributed by atoms with Crippen molar-refractivity contribution in [2.24, 2.45) is 0 Å². The first kappa shape index (κ1) is 17.1. The highest BCUT2D eigenvalue weighted by molar-refractivity contribution is 7.92. The molecule has 0 unspecified atom stereocenters. The summed E-state index contributed by atoms with van der Waals surface area (Å²) in [6.07, 6.45) is 0. The molecule has 2 N–H and O–H groups in total. The lowest BCUT2D eigenvalue weighted by Crippen LogP contribution is -2.14. The highest BCUT2D eigenvalue weighted by atomic mass is 35.5. The number of nitrogens with one attached hydrogen (secondary N) is 2. The molecule has 6 nitrogen and oxygen atoms in total. The van der Waals surface area contributed by atoms with Gasteiger partial charge in [-0.2, -0.15) is 0 Å². The summed E-state index contributed by atoms with van der Waals surface area (Å²) in [5.74, 6) is -0.0828. The van der Waals surface area contributed by atoms with Crippen molar-refractivity contribution < 1.29 is 12.8 Å². The Balaban J connectivity index is 1.74. The third-order valence-electron chi connectivity index (χ3n) is 3.16. The zero-order chi connectivity index (χ0) is 17.9. The number of hydrogen-bond acceptors (Lipinski definition) is 5. The molecule has 0 saturated heterocycles. The molecule has 0 atom stereocenters. The first-order chi connectivity index (χ1) is 11.9. The van der Waals surface area contributed by atoms with Crippen LogP contribution in [0.2, 0.25) is 5.02 Å². The lowest BCUT2D eigenvalue weighted by molar-refractivity contribution is 0.599. The Bertz CT molecular complexity index is 980. The van der Waals surface area contributed by atoms with Gasteiger partial charge in [-0.15, -0.1) is 10.2 Å². The Morgan fingerprint density at radius 1 is 0.880 bits per heavy atom. The van der Waals surface area contributed by atoms with Crippen molar-refractivity contribution in [1.29, 1.82) is 0 Å². The minimum Gasteiger partial charge on any atom is -0.338 e. The van der Waals surface area contributed by atoms with E-state index in [9.17, 15) is 12.8 Å². The van der Waals surface area contributed by atoms with Crippen LogP contribution in [0.1, 0.15) is 0 Å². The first-order valence-corrected chi connectivity index (χ1v) is 8.94. The van der Waals surface area contributed by atoms with Crippen LogP contribution in [0.3, 0.4) is 0 Å². The van der Waals surface area contributed by atoms with E-state index in [1.165, 1.54) is 18.2 Å². The van der Waals surface area contributed by atoms with Crippen LogP contribution in [-0.2, 0) is 10.0 Å². The maximum atomic E-state index is 12.9. The molecule has 128 valence electrons. The van der Waals surface area contributed by atoms with Gasteiger partial charge < -0.3 is 5.32 Å². The Morgan fingerprint density at radius 3 is 2.16 bits per heavy atom. The van der Waals surface area contributed by atoms with Gasteiger partial charge in [0.25, 0.3) is 10.0 Å². The monoisotopic (exact) mass is 378 g/mol. The Hall–Kier alpha value is -2.71. The Kier molecular flexibility index (Phi) is 4.82. The summed E-state index contributed by atoms with van der Waals surface area (Å²) in [6.45, 7) is 0. The van der Waals surface area contributed by atoms with Gasteiger partial charge in [0.1, 0.15) is 5.82 Å². The predicted molar refractivity (Wildman–Crippen MR) is 94.0 cm³/mol. The smallest absolute Gasteiger partial charge is 0.263 e. The largest absolute Gasteiger partial charge is 0.338 e. The average Bonchev–Trinajstić information content (AvgIpc) is 2.59. The van der Waals surface area contributed by atoms with Crippen molar-refractivity contribution in [3.8, 4) is 0 Å². The van der Waals surface area contributed by atoms with Crippen LogP contribution in [0.25, 0.3) is 0 Å². The third-order valence-corrected chi connectivity index (χ3v) is 4.86. The number of halogens is 2. The Labute approximate surface area is 148 Å². The van der Waals surface area contributed by atoms with Crippen molar-refractivity contribution >= 4 is 38.9 Å². The van der Waals surface area contributed by atoms with Crippen molar-refractivity contribution in [2.45, 2.75) is 4.90 Å². The van der Waals surface area contributed by atoms with Crippen molar-refractivity contribution in [1.82, 2.24) is 10.2 Å². The lowest BCUT2D eigenvalue weighted by atomic mass is 10.3. The van der Waals surface area contributed by atoms with E-state index < -0.39 is 15.8 Å². The SMILES string of the molecule is O=S(=O)(Nc1ccc(Nc2ccccc2Cl)nn1)c1ccc(F)cc1. The number of para-hydroxylation sites is 1. The molecule has 3 aromatic rings. The molecule has 0 amide bonds. The van der Waals surface area contributed by atoms with Crippen molar-refractivity contribution in [2.75, 3.05) is 10.0 Å². The lowest BCUT2D eigenvalue weighted by Gasteiger charge is -2.09. The molecule has 0 bridgehead atoms. The topological polar surface area (TPSA) is 84.0 Å². The fraction of sp³-hybridized carbons (Fsp3) is 0. The molecular weight excluding hydrogens is 367 g/mol. The summed E-state index contributed by atoms with van der Waals surface area (Å²) >= 11 is 6.04. The maximum Gasteiger partial charge on any atom is 0.263 e. The van der Waals surface area contributed by atoms with E-state index in [2.05, 4.69) is 20.2 Å². The summed E-state index contributed by atoms with van der Waals surface area (Å²) < 4.78 is 39.6. The summed E-state index contributed by atoms with van der Waals surface area (Å²) in [5.41, 5.74) is 0.651. The van der Waals surface area contributed by atoms with Gasteiger partial charge in [0.15, 0.2) is 11.6 Å². The molecule has 1 heterocycles. The number of rotatable bonds is 5. The van der Waals surface area contributed by atoms with Gasteiger partial charge in [-0.05, 0) is 48.5 Å². The zero-order valence-electron chi connectivity index (χ0n) is 12.6. The van der Waals surface area contributed by atoms with Gasteiger partial charge in [0.05, 0.1) is 15.6 Å². The Morgan fingerprint density at radius 2 is 1.52 bits per heavy atom. The summed E-state index contributed by atoms with van der Waals surface area (Å²) in [7, 11) is -3.87. The number of anilines is 3. The van der Waals surface area contributed by atoms with E-state index in [1.807, 2.05) is 6.07 Å². The fourth-order valence-electron chi connectivity index (χ4n) is 1.96. The van der Waals surface area contributed by atoms with Gasteiger partial charge >= 0.3 is 0 Å². The van der Waals surface area contributed by atoms with Crippen LogP contribution in [0.15, 0.2) is 65.6 Å². The first-order valence-electron chi connectivity index (χ1n) is 7.08. The molecule has 25 heavy (non-hydrogen) atoms. The number of hydrogen-bond donors (Lipinski definition) is 2. The number of benzene rings is 2. The normalized spacial score (nSPS) is 11.1. The summed E-state index contributed by atoms with van der Waals surface area (Å²) in [5, 5.41) is 11.2. The van der Waals surface area contributed by atoms with Crippen LogP contribution >= 0.6 is 11.6 Å². The zero-order valence-corrected chi connectivity index (χ0v) is 14.2. The molecule has 0 spiro atoms. The number of nitrogens with zero attached hydrogens (tertiary/aromatic N) is 2. The van der Waals surface area contributed by atoms with E-state index in [4.69, 9.17) is 11.6 Å². The molecule has 0 aliphatic heterocycles. The van der Waals surface area contributed by atoms with Crippen LogP contribution in [-0.4, -0.2) is 18.6 Å². The van der Waals surface area contributed by atoms with Gasteiger partial charge in [-0.25, -0.2) is 12.8 Å². The molecule has 0 aliphatic rings. The third kappa shape index (κ3) is 4.23. The molecule has 3 rings (SSSR count). The summed E-state index contributed by atoms with van der Waals surface area (Å²) in [6, 6.07) is 14.6. The predicted octanol–water partition coefficient (Wildman–Crippen LogP) is 3.81. The summed E-state index contributed by atoms with van der Waals surface area (Å²) in [4.78, 5) is -0.0750. The average molecular weight is 379 g/mol. The van der Waals surface area contributed by atoms with Gasteiger partial charge in [0, 0.05) is 0 Å². The fourth-order valence-corrected chi connectivity index (χ4v) is 3.14. The van der Waals surface area contributed by atoms with E-state index in [1.54, 1.807) is 24.3 Å². The van der Waals surface area contributed by atoms with Crippen LogP contribution in [0.4, 0.5) is 21.7 Å². The number of sulfonamides is 1. The minimum atomic E-state index is -3.87. The van der Waals surface area contributed by atoms with Gasteiger partial charge in [-0.1, -0.05) is 23.7 Å². The molecule has 0 radical (unpaired) electrons. The second-order valence-corrected chi connectivity index (χ2v) is 7.06. The number of aromatic nitrogens is 2. The maximum absolute atomic E-state index is 12.9. The quantitative estimate of drug-likeness (QED) is 0.705. The molecule has 2 aromatic carbocycles. The van der Waals surface area contributed by atoms with E-state index in [-0.39, 0.29) is 10.7 Å². The second-order valence-electron chi connectivity index (χ2n) is 4.97. The molecular formula is C16H12ClFN4O2S. The molecule has 0 saturated carbocycles. The van der Waals surface area contributed by atoms with Crippen LogP contribution < -0.4 is 10.0 Å². The molecule has 9 heteroatoms. The van der Waals surface area contributed by atoms with Crippen LogP contribution in [0, 0.1) is 5.82 Å². The molecule has 0 aliphatic carbocycles. The highest BCUT2D eigenvalue weighted by Crippen LogP contribution is 2.24. The van der Waals surface area contributed by atoms with Gasteiger partial charge in [-0.3, -0.25) is 4.72 Å². The van der Waals surface area contributed by atoms with E-state index >= 15 is 0 Å². The molecule has 1 aromatic heterocycles. The second kappa shape index (κ2) is 7.04. The van der Waals surface area contributed by atoms with E-state index in [0.29, 0.717) is 16.5 Å². The van der Waals surface area contributed by atoms with Crippen LogP contribution in [0.5, 0.6) is 0 Å². The standard InChI is InChI=1S/C16H12ClFN4O2S/c17-13-3-1-2-4-14(13)19-15-9-10-16(21-20-15)22-25(23,24)12-7-5-11(18)6-8-12/h1-10H,(H,19,20)(H,21,22). The van der Waals surface area contributed by atoms with E-state index in [0.717, 1.165) is 12.1 Å². The highest BCUT2D eigenvalue weighted by Gasteiger charge is 2.15. The van der Waals surface area contributed by atoms with Crippen molar-refractivity contribution in [3.63, 3.8) is 0 Å². The van der Waals surface area contributed by atoms with Crippen molar-refractivity contribution in [3.05, 3.63) is 71.5 Å². The minimum absolute atomic E-state index is 0.0361. The molecule has 0 fully saturated rings.